The first-order chi connectivity index (χ1) is 9.35. The summed E-state index contributed by atoms with van der Waals surface area (Å²) in [5, 5.41) is 12.7. The van der Waals surface area contributed by atoms with Crippen molar-refractivity contribution in [3.63, 3.8) is 0 Å². The highest BCUT2D eigenvalue weighted by Crippen LogP contribution is 2.19. The average Bonchev–Trinajstić information content (AvgIpc) is 3.08. The van der Waals surface area contributed by atoms with Crippen molar-refractivity contribution in [1.29, 1.82) is 5.26 Å². The minimum absolute atomic E-state index is 0.192. The van der Waals surface area contributed by atoms with Crippen molar-refractivity contribution in [2.75, 3.05) is 6.61 Å². The van der Waals surface area contributed by atoms with E-state index in [-0.39, 0.29) is 6.10 Å². The zero-order valence-electron chi connectivity index (χ0n) is 10.4. The fourth-order valence-corrected chi connectivity index (χ4v) is 2.20. The molecule has 0 aromatic carbocycles. The van der Waals surface area contributed by atoms with Gasteiger partial charge in [-0.3, -0.25) is 0 Å². The second-order valence-corrected chi connectivity index (χ2v) is 4.61. The first-order valence-corrected chi connectivity index (χ1v) is 6.39. The van der Waals surface area contributed by atoms with Gasteiger partial charge in [0.2, 0.25) is 0 Å². The summed E-state index contributed by atoms with van der Waals surface area (Å²) in [5.41, 5.74) is 1.14. The molecule has 1 N–H and O–H groups in total. The standard InChI is InChI=1S/C13H14N4O2/c14-8-9-4-5-11(15-9)13-16-12(17-19-13)7-10-3-1-2-6-18-10/h4-5,10,15H,1-3,6-7H2. The molecule has 98 valence electrons. The molecule has 1 saturated heterocycles. The topological polar surface area (TPSA) is 87.7 Å². The van der Waals surface area contributed by atoms with Gasteiger partial charge in [-0.25, -0.2) is 0 Å². The number of hydrogen-bond donors (Lipinski definition) is 1. The predicted octanol–water partition coefficient (Wildman–Crippen LogP) is 2.05. The Labute approximate surface area is 110 Å². The predicted molar refractivity (Wildman–Crippen MR) is 66.1 cm³/mol. The Morgan fingerprint density at radius 1 is 1.42 bits per heavy atom. The molecule has 1 atom stereocenters. The van der Waals surface area contributed by atoms with Crippen LogP contribution in [0.2, 0.25) is 0 Å². The van der Waals surface area contributed by atoms with Gasteiger partial charge < -0.3 is 14.2 Å². The van der Waals surface area contributed by atoms with Gasteiger partial charge in [0.15, 0.2) is 5.82 Å². The number of H-pyrrole nitrogens is 1. The van der Waals surface area contributed by atoms with E-state index in [0.29, 0.717) is 29.5 Å². The molecule has 1 unspecified atom stereocenters. The summed E-state index contributed by atoms with van der Waals surface area (Å²) in [6, 6.07) is 5.47. The molecule has 0 saturated carbocycles. The molecule has 0 aliphatic carbocycles. The number of nitriles is 1. The van der Waals surface area contributed by atoms with Crippen molar-refractivity contribution in [2.24, 2.45) is 0 Å². The highest BCUT2D eigenvalue weighted by Gasteiger charge is 2.18. The molecule has 1 aliphatic rings. The van der Waals surface area contributed by atoms with E-state index in [2.05, 4.69) is 15.1 Å². The molecule has 2 aromatic heterocycles. The van der Waals surface area contributed by atoms with Gasteiger partial charge in [-0.05, 0) is 31.4 Å². The third kappa shape index (κ3) is 2.66. The van der Waals surface area contributed by atoms with Crippen molar-refractivity contribution in [2.45, 2.75) is 31.8 Å². The molecule has 6 nitrogen and oxygen atoms in total. The SMILES string of the molecule is N#Cc1ccc(-c2nc(CC3CCCCO3)no2)[nH]1. The molecule has 6 heteroatoms. The van der Waals surface area contributed by atoms with Gasteiger partial charge in [-0.1, -0.05) is 5.16 Å². The van der Waals surface area contributed by atoms with Crippen LogP contribution in [0.4, 0.5) is 0 Å². The molecular formula is C13H14N4O2. The maximum Gasteiger partial charge on any atom is 0.274 e. The maximum absolute atomic E-state index is 8.75. The van der Waals surface area contributed by atoms with Crippen molar-refractivity contribution < 1.29 is 9.26 Å². The molecular weight excluding hydrogens is 244 g/mol. The van der Waals surface area contributed by atoms with Crippen LogP contribution >= 0.6 is 0 Å². The average molecular weight is 258 g/mol. The van der Waals surface area contributed by atoms with Crippen LogP contribution in [-0.4, -0.2) is 27.8 Å². The largest absolute Gasteiger partial charge is 0.378 e. The van der Waals surface area contributed by atoms with Crippen LogP contribution < -0.4 is 0 Å². The van der Waals surface area contributed by atoms with Gasteiger partial charge in [-0.15, -0.1) is 0 Å². The summed E-state index contributed by atoms with van der Waals surface area (Å²) in [7, 11) is 0. The molecule has 1 aliphatic heterocycles. The first-order valence-electron chi connectivity index (χ1n) is 6.39. The lowest BCUT2D eigenvalue weighted by molar-refractivity contribution is 0.0153. The lowest BCUT2D eigenvalue weighted by atomic mass is 10.1. The maximum atomic E-state index is 8.75. The van der Waals surface area contributed by atoms with Crippen LogP contribution in [0.25, 0.3) is 11.6 Å². The highest BCUT2D eigenvalue weighted by molar-refractivity contribution is 5.49. The van der Waals surface area contributed by atoms with E-state index in [0.717, 1.165) is 19.4 Å². The number of hydrogen-bond acceptors (Lipinski definition) is 5. The minimum atomic E-state index is 0.192. The summed E-state index contributed by atoms with van der Waals surface area (Å²) in [4.78, 5) is 7.23. The number of aromatic amines is 1. The van der Waals surface area contributed by atoms with Crippen LogP contribution in [0.5, 0.6) is 0 Å². The third-order valence-corrected chi connectivity index (χ3v) is 3.19. The van der Waals surface area contributed by atoms with Crippen LogP contribution in [0.3, 0.4) is 0 Å². The van der Waals surface area contributed by atoms with Gasteiger partial charge >= 0.3 is 0 Å². The lowest BCUT2D eigenvalue weighted by Crippen LogP contribution is -2.21. The van der Waals surface area contributed by atoms with Gasteiger partial charge in [0.25, 0.3) is 5.89 Å². The Morgan fingerprint density at radius 3 is 3.11 bits per heavy atom. The fraction of sp³-hybridized carbons (Fsp3) is 0.462. The Balaban J connectivity index is 1.70. The minimum Gasteiger partial charge on any atom is -0.378 e. The Kier molecular flexibility index (Phi) is 3.29. The van der Waals surface area contributed by atoms with E-state index >= 15 is 0 Å². The van der Waals surface area contributed by atoms with E-state index in [1.165, 1.54) is 6.42 Å². The zero-order chi connectivity index (χ0) is 13.1. The van der Waals surface area contributed by atoms with Crippen molar-refractivity contribution >= 4 is 0 Å². The Bertz CT molecular complexity index is 590. The number of rotatable bonds is 3. The Morgan fingerprint density at radius 2 is 2.37 bits per heavy atom. The number of nitrogens with zero attached hydrogens (tertiary/aromatic N) is 3. The fourth-order valence-electron chi connectivity index (χ4n) is 2.20. The van der Waals surface area contributed by atoms with E-state index in [4.69, 9.17) is 14.5 Å². The summed E-state index contributed by atoms with van der Waals surface area (Å²) < 4.78 is 10.8. The molecule has 19 heavy (non-hydrogen) atoms. The quantitative estimate of drug-likeness (QED) is 0.910. The van der Waals surface area contributed by atoms with E-state index in [9.17, 15) is 0 Å². The summed E-state index contributed by atoms with van der Waals surface area (Å²) >= 11 is 0. The smallest absolute Gasteiger partial charge is 0.274 e. The number of nitrogens with one attached hydrogen (secondary N) is 1. The normalized spacial score (nSPS) is 19.2. The lowest BCUT2D eigenvalue weighted by Gasteiger charge is -2.20. The van der Waals surface area contributed by atoms with Crippen LogP contribution in [0, 0.1) is 11.3 Å². The van der Waals surface area contributed by atoms with E-state index < -0.39 is 0 Å². The van der Waals surface area contributed by atoms with Crippen molar-refractivity contribution in [1.82, 2.24) is 15.1 Å². The summed E-state index contributed by atoms with van der Waals surface area (Å²) in [6.07, 6.45) is 4.24. The summed E-state index contributed by atoms with van der Waals surface area (Å²) in [6.45, 7) is 0.817. The zero-order valence-corrected chi connectivity index (χ0v) is 10.4. The monoisotopic (exact) mass is 258 g/mol. The van der Waals surface area contributed by atoms with Crippen molar-refractivity contribution in [3.8, 4) is 17.7 Å². The molecule has 0 bridgehead atoms. The molecule has 3 rings (SSSR count). The first kappa shape index (κ1) is 11.9. The molecule has 3 heterocycles. The van der Waals surface area contributed by atoms with E-state index in [1.807, 2.05) is 6.07 Å². The van der Waals surface area contributed by atoms with Crippen LogP contribution in [0.1, 0.15) is 30.8 Å². The Hall–Kier alpha value is -2.13. The second kappa shape index (κ2) is 5.24. The second-order valence-electron chi connectivity index (χ2n) is 4.61. The molecule has 0 radical (unpaired) electrons. The van der Waals surface area contributed by atoms with Gasteiger partial charge in [0.05, 0.1) is 6.10 Å². The molecule has 2 aromatic rings. The van der Waals surface area contributed by atoms with E-state index in [1.54, 1.807) is 12.1 Å². The third-order valence-electron chi connectivity index (χ3n) is 3.19. The molecule has 0 amide bonds. The molecule has 1 fully saturated rings. The van der Waals surface area contributed by atoms with Gasteiger partial charge in [0, 0.05) is 13.0 Å². The molecule has 0 spiro atoms. The van der Waals surface area contributed by atoms with Crippen LogP contribution in [0.15, 0.2) is 16.7 Å². The van der Waals surface area contributed by atoms with Crippen molar-refractivity contribution in [3.05, 3.63) is 23.7 Å². The number of aromatic nitrogens is 3. The van der Waals surface area contributed by atoms with Crippen LogP contribution in [-0.2, 0) is 11.2 Å². The number of ether oxygens (including phenoxy) is 1. The summed E-state index contributed by atoms with van der Waals surface area (Å²) in [5.74, 6) is 1.06. The van der Waals surface area contributed by atoms with Gasteiger partial charge in [0.1, 0.15) is 17.5 Å². The highest BCUT2D eigenvalue weighted by atomic mass is 16.5. The van der Waals surface area contributed by atoms with Gasteiger partial charge in [-0.2, -0.15) is 10.2 Å².